The molecule has 2 heterocycles. The molecule has 2 N–H and O–H groups in total. The molecule has 0 aliphatic heterocycles. The fourth-order valence-corrected chi connectivity index (χ4v) is 3.01. The van der Waals surface area contributed by atoms with Gasteiger partial charge in [0.05, 0.1) is 28.7 Å². The molecule has 3 amide bonds. The molecule has 176 valence electrons. The first-order chi connectivity index (χ1) is 15.4. The van der Waals surface area contributed by atoms with E-state index >= 15 is 0 Å². The molecule has 0 spiro atoms. The Morgan fingerprint density at radius 1 is 1.21 bits per heavy atom. The van der Waals surface area contributed by atoms with Crippen LogP contribution in [0, 0.1) is 0 Å². The largest absolute Gasteiger partial charge is 0.447 e. The van der Waals surface area contributed by atoms with Gasteiger partial charge in [-0.05, 0) is 32.0 Å². The number of alkyl halides is 3. The standard InChI is InChI=1S/C20H20ClF3N6O3/c1-11(2)33-19(32)27-13-7-25-17-28-16(9-30(17)8-13)14-6-12(4-5-15(14)21)26-18(31)29(3)10-20(22,23)24/h4-9,11H,10H2,1-3H3,(H,26,31)(H,27,32). The van der Waals surface area contributed by atoms with Crippen molar-refractivity contribution in [3.8, 4) is 11.3 Å². The average Bonchev–Trinajstić information content (AvgIpc) is 3.10. The van der Waals surface area contributed by atoms with Crippen molar-refractivity contribution in [3.63, 3.8) is 0 Å². The molecule has 0 unspecified atom stereocenters. The summed E-state index contributed by atoms with van der Waals surface area (Å²) in [6, 6.07) is 3.51. The molecule has 0 fully saturated rings. The van der Waals surface area contributed by atoms with Gasteiger partial charge in [-0.1, -0.05) is 11.6 Å². The second kappa shape index (κ2) is 9.53. The van der Waals surface area contributed by atoms with Crippen LogP contribution < -0.4 is 10.6 Å². The van der Waals surface area contributed by atoms with Gasteiger partial charge in [-0.25, -0.2) is 19.6 Å². The Bertz CT molecular complexity index is 1180. The number of nitrogens with zero attached hydrogens (tertiary/aromatic N) is 4. The summed E-state index contributed by atoms with van der Waals surface area (Å²) in [7, 11) is 1.04. The average molecular weight is 485 g/mol. The second-order valence-corrected chi connectivity index (χ2v) is 7.76. The lowest BCUT2D eigenvalue weighted by Gasteiger charge is -2.19. The number of hydrogen-bond acceptors (Lipinski definition) is 5. The minimum absolute atomic E-state index is 0.234. The summed E-state index contributed by atoms with van der Waals surface area (Å²) >= 11 is 6.28. The van der Waals surface area contributed by atoms with Gasteiger partial charge in [0, 0.05) is 30.7 Å². The molecule has 9 nitrogen and oxygen atoms in total. The Kier molecular flexibility index (Phi) is 6.96. The molecular weight excluding hydrogens is 465 g/mol. The highest BCUT2D eigenvalue weighted by Crippen LogP contribution is 2.30. The molecule has 13 heteroatoms. The van der Waals surface area contributed by atoms with E-state index in [-0.39, 0.29) is 11.8 Å². The molecule has 33 heavy (non-hydrogen) atoms. The zero-order valence-electron chi connectivity index (χ0n) is 17.8. The highest BCUT2D eigenvalue weighted by Gasteiger charge is 2.31. The summed E-state index contributed by atoms with van der Waals surface area (Å²) in [4.78, 5) is 32.9. The van der Waals surface area contributed by atoms with Crippen LogP contribution in [0.15, 0.2) is 36.8 Å². The van der Waals surface area contributed by atoms with Crippen LogP contribution in [0.2, 0.25) is 5.02 Å². The van der Waals surface area contributed by atoms with E-state index in [1.54, 1.807) is 30.6 Å². The van der Waals surface area contributed by atoms with E-state index in [0.717, 1.165) is 7.05 Å². The fraction of sp³-hybridized carbons (Fsp3) is 0.300. The lowest BCUT2D eigenvalue weighted by molar-refractivity contribution is -0.137. The second-order valence-electron chi connectivity index (χ2n) is 7.35. The number of nitrogens with one attached hydrogen (secondary N) is 2. The smallest absolute Gasteiger partial charge is 0.411 e. The first-order valence-corrected chi connectivity index (χ1v) is 10.0. The van der Waals surface area contributed by atoms with Crippen molar-refractivity contribution in [1.82, 2.24) is 19.3 Å². The van der Waals surface area contributed by atoms with E-state index < -0.39 is 24.8 Å². The van der Waals surface area contributed by atoms with E-state index in [4.69, 9.17) is 16.3 Å². The van der Waals surface area contributed by atoms with Gasteiger partial charge in [-0.2, -0.15) is 13.2 Å². The van der Waals surface area contributed by atoms with Gasteiger partial charge in [-0.3, -0.25) is 9.72 Å². The summed E-state index contributed by atoms with van der Waals surface area (Å²) in [5.74, 6) is 0.309. The van der Waals surface area contributed by atoms with Gasteiger partial charge in [0.2, 0.25) is 5.78 Å². The van der Waals surface area contributed by atoms with E-state index in [2.05, 4.69) is 20.6 Å². The van der Waals surface area contributed by atoms with Gasteiger partial charge in [-0.15, -0.1) is 0 Å². The predicted molar refractivity (Wildman–Crippen MR) is 116 cm³/mol. The molecule has 0 aliphatic rings. The van der Waals surface area contributed by atoms with Crippen LogP contribution in [0.1, 0.15) is 13.8 Å². The van der Waals surface area contributed by atoms with Gasteiger partial charge < -0.3 is 15.0 Å². The van der Waals surface area contributed by atoms with E-state index in [0.29, 0.717) is 32.6 Å². The summed E-state index contributed by atoms with van der Waals surface area (Å²) in [6.45, 7) is 2.05. The third-order valence-electron chi connectivity index (χ3n) is 4.16. The molecule has 0 atom stereocenters. The number of carbonyl (C=O) groups excluding carboxylic acids is 2. The number of rotatable bonds is 5. The number of anilines is 2. The number of fused-ring (bicyclic) bond motifs is 1. The SMILES string of the molecule is CC(C)OC(=O)Nc1cnc2nc(-c3cc(NC(=O)N(C)CC(F)(F)F)ccc3Cl)cn2c1. The Morgan fingerprint density at radius 3 is 2.61 bits per heavy atom. The zero-order chi connectivity index (χ0) is 24.3. The van der Waals surface area contributed by atoms with Crippen LogP contribution in [0.25, 0.3) is 17.0 Å². The van der Waals surface area contributed by atoms with Crippen molar-refractivity contribution >= 4 is 40.9 Å². The summed E-state index contributed by atoms with van der Waals surface area (Å²) < 4.78 is 44.1. The Balaban J connectivity index is 1.81. The first-order valence-electron chi connectivity index (χ1n) is 9.62. The van der Waals surface area contributed by atoms with Gasteiger partial charge in [0.15, 0.2) is 0 Å². The number of carbonyl (C=O) groups is 2. The highest BCUT2D eigenvalue weighted by molar-refractivity contribution is 6.33. The number of imidazole rings is 1. The van der Waals surface area contributed by atoms with Gasteiger partial charge in [0.1, 0.15) is 6.54 Å². The monoisotopic (exact) mass is 484 g/mol. The number of benzene rings is 1. The molecule has 0 radical (unpaired) electrons. The highest BCUT2D eigenvalue weighted by atomic mass is 35.5. The normalized spacial score (nSPS) is 11.5. The zero-order valence-corrected chi connectivity index (χ0v) is 18.5. The van der Waals surface area contributed by atoms with Crippen molar-refractivity contribution in [1.29, 1.82) is 0 Å². The molecule has 1 aromatic carbocycles. The Labute approximate surface area is 191 Å². The maximum Gasteiger partial charge on any atom is 0.411 e. The number of ether oxygens (including phenoxy) is 1. The van der Waals surface area contributed by atoms with Crippen molar-refractivity contribution in [2.45, 2.75) is 26.1 Å². The lowest BCUT2D eigenvalue weighted by atomic mass is 10.1. The fourth-order valence-electron chi connectivity index (χ4n) is 2.80. The van der Waals surface area contributed by atoms with E-state index in [1.807, 2.05) is 0 Å². The third kappa shape index (κ3) is 6.48. The number of aromatic nitrogens is 3. The Hall–Kier alpha value is -3.54. The van der Waals surface area contributed by atoms with Crippen LogP contribution in [0.3, 0.4) is 0 Å². The van der Waals surface area contributed by atoms with Crippen molar-refractivity contribution in [3.05, 3.63) is 41.8 Å². The third-order valence-corrected chi connectivity index (χ3v) is 4.49. The minimum atomic E-state index is -4.51. The number of hydrogen-bond donors (Lipinski definition) is 2. The molecule has 3 aromatic rings. The maximum absolute atomic E-state index is 12.5. The lowest BCUT2D eigenvalue weighted by Crippen LogP contribution is -2.38. The number of urea groups is 1. The van der Waals surface area contributed by atoms with Crippen LogP contribution in [0.4, 0.5) is 34.1 Å². The van der Waals surface area contributed by atoms with Crippen LogP contribution in [0.5, 0.6) is 0 Å². The van der Waals surface area contributed by atoms with E-state index in [1.165, 1.54) is 24.4 Å². The molecule has 2 aromatic heterocycles. The first kappa shape index (κ1) is 24.1. The van der Waals surface area contributed by atoms with Crippen LogP contribution in [-0.2, 0) is 4.74 Å². The van der Waals surface area contributed by atoms with Crippen molar-refractivity contribution < 1.29 is 27.5 Å². The summed E-state index contributed by atoms with van der Waals surface area (Å²) in [5.41, 5.74) is 1.43. The molecule has 3 rings (SSSR count). The quantitative estimate of drug-likeness (QED) is 0.529. The predicted octanol–water partition coefficient (Wildman–Crippen LogP) is 5.03. The molecule has 0 saturated carbocycles. The van der Waals surface area contributed by atoms with Gasteiger partial charge in [0.25, 0.3) is 0 Å². The maximum atomic E-state index is 12.5. The number of amides is 3. The Morgan fingerprint density at radius 2 is 1.94 bits per heavy atom. The molecule has 0 aliphatic carbocycles. The van der Waals surface area contributed by atoms with Gasteiger partial charge >= 0.3 is 18.3 Å². The minimum Gasteiger partial charge on any atom is -0.447 e. The summed E-state index contributed by atoms with van der Waals surface area (Å²) in [6.07, 6.45) is -0.851. The number of halogens is 4. The van der Waals surface area contributed by atoms with Crippen LogP contribution >= 0.6 is 11.6 Å². The van der Waals surface area contributed by atoms with Crippen molar-refractivity contribution in [2.24, 2.45) is 0 Å². The molecule has 0 bridgehead atoms. The topological polar surface area (TPSA) is 101 Å². The molecule has 0 saturated heterocycles. The summed E-state index contributed by atoms with van der Waals surface area (Å²) in [5, 5.41) is 5.26. The van der Waals surface area contributed by atoms with E-state index in [9.17, 15) is 22.8 Å². The van der Waals surface area contributed by atoms with Crippen LogP contribution in [-0.4, -0.2) is 57.3 Å². The van der Waals surface area contributed by atoms with Crippen molar-refractivity contribution in [2.75, 3.05) is 24.2 Å². The molecular formula is C20H20ClF3N6O3.